The number of fused-ring (bicyclic) bond motifs is 1. The summed E-state index contributed by atoms with van der Waals surface area (Å²) in [6.45, 7) is 0. The van der Waals surface area contributed by atoms with Gasteiger partial charge in [0, 0.05) is 23.0 Å². The molecule has 0 unspecified atom stereocenters. The first-order chi connectivity index (χ1) is 10.5. The zero-order valence-corrected chi connectivity index (χ0v) is 11.2. The predicted octanol–water partition coefficient (Wildman–Crippen LogP) is 3.95. The van der Waals surface area contributed by atoms with Gasteiger partial charge in [0.25, 0.3) is 0 Å². The number of carbonyl (C=O) groups is 1. The first-order valence-corrected chi connectivity index (χ1v) is 6.38. The van der Waals surface area contributed by atoms with Gasteiger partial charge < -0.3 is 10.4 Å². The lowest BCUT2D eigenvalue weighted by Crippen LogP contribution is -2.00. The lowest BCUT2D eigenvalue weighted by molar-refractivity contribution is 0.0696. The van der Waals surface area contributed by atoms with E-state index in [2.05, 4.69) is 10.3 Å². The van der Waals surface area contributed by atoms with Gasteiger partial charge in [-0.1, -0.05) is 0 Å². The van der Waals surface area contributed by atoms with Crippen molar-refractivity contribution in [1.82, 2.24) is 4.98 Å². The normalized spacial score (nSPS) is 10.6. The second kappa shape index (κ2) is 5.40. The summed E-state index contributed by atoms with van der Waals surface area (Å²) in [5.41, 5.74) is 1.16. The van der Waals surface area contributed by atoms with E-state index in [-0.39, 0.29) is 11.3 Å². The van der Waals surface area contributed by atoms with E-state index in [0.717, 1.165) is 12.1 Å². The topological polar surface area (TPSA) is 62.2 Å². The molecular weight excluding hydrogens is 290 g/mol. The molecule has 22 heavy (non-hydrogen) atoms. The molecule has 4 nitrogen and oxygen atoms in total. The molecule has 1 aromatic heterocycles. The molecule has 0 saturated carbocycles. The van der Waals surface area contributed by atoms with Crippen LogP contribution in [0.5, 0.6) is 0 Å². The van der Waals surface area contributed by atoms with E-state index < -0.39 is 17.6 Å². The SMILES string of the molecule is O=C(O)c1cc(F)cc(Nc2ccnc3ccc(F)cc23)c1. The Morgan fingerprint density at radius 2 is 1.86 bits per heavy atom. The molecule has 110 valence electrons. The summed E-state index contributed by atoms with van der Waals surface area (Å²) in [5.74, 6) is -2.32. The molecule has 0 fully saturated rings. The van der Waals surface area contributed by atoms with Crippen molar-refractivity contribution in [3.8, 4) is 0 Å². The fourth-order valence-corrected chi connectivity index (χ4v) is 2.17. The summed E-state index contributed by atoms with van der Waals surface area (Å²) < 4.78 is 26.9. The van der Waals surface area contributed by atoms with Gasteiger partial charge >= 0.3 is 5.97 Å². The molecule has 0 aliphatic rings. The molecule has 0 amide bonds. The Labute approximate surface area is 124 Å². The van der Waals surface area contributed by atoms with Gasteiger partial charge in [-0.25, -0.2) is 13.6 Å². The number of hydrogen-bond acceptors (Lipinski definition) is 3. The highest BCUT2D eigenvalue weighted by molar-refractivity contribution is 5.94. The van der Waals surface area contributed by atoms with Crippen molar-refractivity contribution < 1.29 is 18.7 Å². The van der Waals surface area contributed by atoms with E-state index in [1.54, 1.807) is 6.07 Å². The fraction of sp³-hybridized carbons (Fsp3) is 0. The Kier molecular flexibility index (Phi) is 3.42. The van der Waals surface area contributed by atoms with Gasteiger partial charge in [0.2, 0.25) is 0 Å². The maximum absolute atomic E-state index is 13.5. The number of aromatic carboxylic acids is 1. The number of pyridine rings is 1. The first-order valence-electron chi connectivity index (χ1n) is 6.38. The van der Waals surface area contributed by atoms with Crippen molar-refractivity contribution in [2.24, 2.45) is 0 Å². The summed E-state index contributed by atoms with van der Waals surface area (Å²) in [7, 11) is 0. The summed E-state index contributed by atoms with van der Waals surface area (Å²) >= 11 is 0. The maximum Gasteiger partial charge on any atom is 0.335 e. The standard InChI is InChI=1S/C16H10F2N2O2/c17-10-1-2-14-13(8-10)15(3-4-19-14)20-12-6-9(16(21)22)5-11(18)7-12/h1-8H,(H,19,20)(H,21,22). The minimum atomic E-state index is -1.23. The van der Waals surface area contributed by atoms with Crippen LogP contribution in [0.3, 0.4) is 0 Å². The van der Waals surface area contributed by atoms with Crippen molar-refractivity contribution in [3.63, 3.8) is 0 Å². The molecular formula is C16H10F2N2O2. The Balaban J connectivity index is 2.07. The molecule has 2 aromatic carbocycles. The van der Waals surface area contributed by atoms with Crippen LogP contribution in [0.4, 0.5) is 20.2 Å². The van der Waals surface area contributed by atoms with E-state index in [1.165, 1.54) is 30.5 Å². The molecule has 0 saturated heterocycles. The average Bonchev–Trinajstić information content (AvgIpc) is 2.47. The molecule has 3 rings (SSSR count). The van der Waals surface area contributed by atoms with Gasteiger partial charge in [-0.2, -0.15) is 0 Å². The molecule has 0 bridgehead atoms. The lowest BCUT2D eigenvalue weighted by Gasteiger charge is -2.10. The predicted molar refractivity (Wildman–Crippen MR) is 78.3 cm³/mol. The van der Waals surface area contributed by atoms with Gasteiger partial charge in [0.05, 0.1) is 11.1 Å². The average molecular weight is 300 g/mol. The number of anilines is 2. The largest absolute Gasteiger partial charge is 0.478 e. The Morgan fingerprint density at radius 3 is 2.64 bits per heavy atom. The monoisotopic (exact) mass is 300 g/mol. The zero-order valence-electron chi connectivity index (χ0n) is 11.2. The number of carboxylic acids is 1. The van der Waals surface area contributed by atoms with Crippen molar-refractivity contribution >= 4 is 28.2 Å². The van der Waals surface area contributed by atoms with Crippen molar-refractivity contribution in [2.45, 2.75) is 0 Å². The molecule has 2 N–H and O–H groups in total. The highest BCUT2D eigenvalue weighted by Gasteiger charge is 2.09. The number of carboxylic acid groups (broad SMARTS) is 1. The maximum atomic E-state index is 13.5. The third-order valence-corrected chi connectivity index (χ3v) is 3.13. The summed E-state index contributed by atoms with van der Waals surface area (Å²) in [6, 6.07) is 9.13. The van der Waals surface area contributed by atoms with Gasteiger partial charge in [-0.3, -0.25) is 4.98 Å². The molecule has 6 heteroatoms. The van der Waals surface area contributed by atoms with Gasteiger partial charge in [0.15, 0.2) is 0 Å². The number of aromatic nitrogens is 1. The Morgan fingerprint density at radius 1 is 1.05 bits per heavy atom. The Bertz CT molecular complexity index is 881. The quantitative estimate of drug-likeness (QED) is 0.768. The van der Waals surface area contributed by atoms with Gasteiger partial charge in [0.1, 0.15) is 11.6 Å². The van der Waals surface area contributed by atoms with Crippen LogP contribution in [-0.4, -0.2) is 16.1 Å². The van der Waals surface area contributed by atoms with E-state index in [4.69, 9.17) is 5.11 Å². The van der Waals surface area contributed by atoms with Crippen LogP contribution in [0.2, 0.25) is 0 Å². The third-order valence-electron chi connectivity index (χ3n) is 3.13. The zero-order chi connectivity index (χ0) is 15.7. The molecule has 0 radical (unpaired) electrons. The number of rotatable bonds is 3. The lowest BCUT2D eigenvalue weighted by atomic mass is 10.1. The van der Waals surface area contributed by atoms with Crippen molar-refractivity contribution in [3.05, 3.63) is 65.9 Å². The van der Waals surface area contributed by atoms with Crippen LogP contribution in [0.1, 0.15) is 10.4 Å². The highest BCUT2D eigenvalue weighted by Crippen LogP contribution is 2.26. The summed E-state index contributed by atoms with van der Waals surface area (Å²) in [6.07, 6.45) is 1.53. The third kappa shape index (κ3) is 2.71. The number of benzene rings is 2. The minimum Gasteiger partial charge on any atom is -0.478 e. The van der Waals surface area contributed by atoms with Crippen LogP contribution in [0.15, 0.2) is 48.7 Å². The summed E-state index contributed by atoms with van der Waals surface area (Å²) in [5, 5.41) is 12.4. The highest BCUT2D eigenvalue weighted by atomic mass is 19.1. The molecule has 1 heterocycles. The van der Waals surface area contributed by atoms with Crippen LogP contribution >= 0.6 is 0 Å². The van der Waals surface area contributed by atoms with Crippen LogP contribution in [0.25, 0.3) is 10.9 Å². The molecule has 0 atom stereocenters. The second-order valence-electron chi connectivity index (χ2n) is 4.68. The van der Waals surface area contributed by atoms with Crippen molar-refractivity contribution in [2.75, 3.05) is 5.32 Å². The Hall–Kier alpha value is -3.02. The summed E-state index contributed by atoms with van der Waals surface area (Å²) in [4.78, 5) is 15.1. The molecule has 3 aromatic rings. The molecule has 0 spiro atoms. The number of halogens is 2. The number of nitrogens with one attached hydrogen (secondary N) is 1. The van der Waals surface area contributed by atoms with Crippen LogP contribution < -0.4 is 5.32 Å². The number of hydrogen-bond donors (Lipinski definition) is 2. The van der Waals surface area contributed by atoms with Crippen LogP contribution in [-0.2, 0) is 0 Å². The van der Waals surface area contributed by atoms with Gasteiger partial charge in [-0.15, -0.1) is 0 Å². The van der Waals surface area contributed by atoms with Gasteiger partial charge in [-0.05, 0) is 42.5 Å². The molecule has 0 aliphatic carbocycles. The van der Waals surface area contributed by atoms with E-state index >= 15 is 0 Å². The minimum absolute atomic E-state index is 0.174. The first kappa shape index (κ1) is 13.9. The van der Waals surface area contributed by atoms with Crippen molar-refractivity contribution in [1.29, 1.82) is 0 Å². The molecule has 0 aliphatic heterocycles. The number of nitrogens with zero attached hydrogens (tertiary/aromatic N) is 1. The van der Waals surface area contributed by atoms with E-state index in [0.29, 0.717) is 16.6 Å². The fourth-order valence-electron chi connectivity index (χ4n) is 2.17. The van der Waals surface area contributed by atoms with Crippen LogP contribution in [0, 0.1) is 11.6 Å². The second-order valence-corrected chi connectivity index (χ2v) is 4.68. The van der Waals surface area contributed by atoms with E-state index in [1.807, 2.05) is 0 Å². The van der Waals surface area contributed by atoms with E-state index in [9.17, 15) is 13.6 Å². The smallest absolute Gasteiger partial charge is 0.335 e.